The molecule has 0 amide bonds. The van der Waals surface area contributed by atoms with E-state index in [1.54, 1.807) is 13.2 Å². The van der Waals surface area contributed by atoms with E-state index in [2.05, 4.69) is 10.0 Å². The summed E-state index contributed by atoms with van der Waals surface area (Å²) in [4.78, 5) is 1.06. The van der Waals surface area contributed by atoms with Crippen LogP contribution in [-0.4, -0.2) is 41.8 Å². The van der Waals surface area contributed by atoms with Gasteiger partial charge >= 0.3 is 0 Å². The summed E-state index contributed by atoms with van der Waals surface area (Å²) in [5.41, 5.74) is 0. The first-order valence-corrected chi connectivity index (χ1v) is 8.58. The molecule has 1 atom stereocenters. The summed E-state index contributed by atoms with van der Waals surface area (Å²) in [6.07, 6.45) is 1.54. The molecule has 5 nitrogen and oxygen atoms in total. The smallest absolute Gasteiger partial charge is 0.250 e. The zero-order chi connectivity index (χ0) is 14.3. The minimum Gasteiger partial charge on any atom is -0.383 e. The van der Waals surface area contributed by atoms with Crippen LogP contribution in [0.3, 0.4) is 0 Å². The largest absolute Gasteiger partial charge is 0.383 e. The third kappa shape index (κ3) is 5.19. The summed E-state index contributed by atoms with van der Waals surface area (Å²) < 4.78 is 32.4. The van der Waals surface area contributed by atoms with Crippen molar-refractivity contribution in [3.63, 3.8) is 0 Å². The molecule has 0 saturated heterocycles. The molecule has 0 aliphatic heterocycles. The molecule has 1 unspecified atom stereocenters. The Kier molecular flexibility index (Phi) is 6.95. The van der Waals surface area contributed by atoms with E-state index in [1.807, 2.05) is 20.0 Å². The van der Waals surface area contributed by atoms with Crippen molar-refractivity contribution >= 4 is 21.4 Å². The number of nitrogens with one attached hydrogen (secondary N) is 2. The van der Waals surface area contributed by atoms with Crippen LogP contribution in [0, 0.1) is 0 Å². The number of ether oxygens (including phenoxy) is 1. The second-order valence-electron chi connectivity index (χ2n) is 4.26. The SMILES string of the molecule is CCC(COC)NS(=O)(=O)c1ccc(CCNC)s1. The standard InChI is InChI=1S/C12H22N2O3S2/c1-4-10(9-17-3)14-19(15,16)12-6-5-11(18-12)7-8-13-2/h5-6,10,13-14H,4,7-9H2,1-3H3. The Morgan fingerprint density at radius 3 is 2.74 bits per heavy atom. The number of rotatable bonds is 9. The van der Waals surface area contributed by atoms with Crippen LogP contribution < -0.4 is 10.0 Å². The third-order valence-electron chi connectivity index (χ3n) is 2.71. The minimum absolute atomic E-state index is 0.183. The van der Waals surface area contributed by atoms with Crippen LogP contribution in [0.5, 0.6) is 0 Å². The fourth-order valence-corrected chi connectivity index (χ4v) is 4.27. The fraction of sp³-hybridized carbons (Fsp3) is 0.667. The number of hydrogen-bond acceptors (Lipinski definition) is 5. The van der Waals surface area contributed by atoms with Crippen LogP contribution in [0.25, 0.3) is 0 Å². The van der Waals surface area contributed by atoms with Gasteiger partial charge in [0.25, 0.3) is 0 Å². The maximum Gasteiger partial charge on any atom is 0.250 e. The van der Waals surface area contributed by atoms with Crippen LogP contribution in [0.4, 0.5) is 0 Å². The third-order valence-corrected chi connectivity index (χ3v) is 5.86. The Hall–Kier alpha value is -0.470. The molecular formula is C12H22N2O3S2. The lowest BCUT2D eigenvalue weighted by Gasteiger charge is -2.15. The van der Waals surface area contributed by atoms with E-state index in [0.717, 1.165) is 17.8 Å². The lowest BCUT2D eigenvalue weighted by molar-refractivity contribution is 0.173. The lowest BCUT2D eigenvalue weighted by atomic mass is 10.3. The monoisotopic (exact) mass is 306 g/mol. The van der Waals surface area contributed by atoms with Gasteiger partial charge in [0.15, 0.2) is 0 Å². The molecule has 1 aromatic heterocycles. The van der Waals surface area contributed by atoms with Gasteiger partial charge in [-0.25, -0.2) is 13.1 Å². The summed E-state index contributed by atoms with van der Waals surface area (Å²) in [6, 6.07) is 3.35. The summed E-state index contributed by atoms with van der Waals surface area (Å²) in [7, 11) is 0.0159. The van der Waals surface area contributed by atoms with Gasteiger partial charge in [0, 0.05) is 18.0 Å². The average Bonchev–Trinajstić information content (AvgIpc) is 2.85. The summed E-state index contributed by atoms with van der Waals surface area (Å²) in [5.74, 6) is 0. The first-order valence-electron chi connectivity index (χ1n) is 6.28. The first-order chi connectivity index (χ1) is 9.03. The molecule has 0 radical (unpaired) electrons. The number of likely N-dealkylation sites (N-methyl/N-ethyl adjacent to an activating group) is 1. The molecule has 0 bridgehead atoms. The molecule has 0 spiro atoms. The number of methoxy groups -OCH3 is 1. The second-order valence-corrected chi connectivity index (χ2v) is 7.37. The van der Waals surface area contributed by atoms with Crippen molar-refractivity contribution in [3.05, 3.63) is 17.0 Å². The molecule has 1 heterocycles. The molecule has 0 aliphatic rings. The van der Waals surface area contributed by atoms with Crippen LogP contribution in [0.15, 0.2) is 16.3 Å². The molecule has 1 rings (SSSR count). The normalized spacial score (nSPS) is 13.6. The Labute approximate surface area is 119 Å². The molecule has 0 aliphatic carbocycles. The predicted octanol–water partition coefficient (Wildman–Crippen LogP) is 1.21. The second kappa shape index (κ2) is 7.96. The molecule has 19 heavy (non-hydrogen) atoms. The predicted molar refractivity (Wildman–Crippen MR) is 78.2 cm³/mol. The number of thiophene rings is 1. The number of hydrogen-bond donors (Lipinski definition) is 2. The van der Waals surface area contributed by atoms with Crippen LogP contribution in [-0.2, 0) is 21.2 Å². The summed E-state index contributed by atoms with van der Waals surface area (Å²) in [6.45, 7) is 3.15. The van der Waals surface area contributed by atoms with Crippen molar-refractivity contribution in [2.75, 3.05) is 27.3 Å². The van der Waals surface area contributed by atoms with Gasteiger partial charge in [-0.3, -0.25) is 0 Å². The van der Waals surface area contributed by atoms with E-state index in [4.69, 9.17) is 4.74 Å². The van der Waals surface area contributed by atoms with E-state index >= 15 is 0 Å². The van der Waals surface area contributed by atoms with Crippen molar-refractivity contribution < 1.29 is 13.2 Å². The summed E-state index contributed by atoms with van der Waals surface area (Å²) in [5, 5.41) is 3.05. The van der Waals surface area contributed by atoms with Gasteiger partial charge in [0.2, 0.25) is 10.0 Å². The quantitative estimate of drug-likeness (QED) is 0.720. The van der Waals surface area contributed by atoms with Crippen LogP contribution in [0.1, 0.15) is 18.2 Å². The van der Waals surface area contributed by atoms with E-state index < -0.39 is 10.0 Å². The van der Waals surface area contributed by atoms with Crippen molar-refractivity contribution in [2.45, 2.75) is 30.0 Å². The highest BCUT2D eigenvalue weighted by Gasteiger charge is 2.20. The van der Waals surface area contributed by atoms with Gasteiger partial charge in [-0.2, -0.15) is 0 Å². The molecule has 2 N–H and O–H groups in total. The number of sulfonamides is 1. The van der Waals surface area contributed by atoms with Crippen LogP contribution in [0.2, 0.25) is 0 Å². The maximum atomic E-state index is 12.2. The van der Waals surface area contributed by atoms with Gasteiger partial charge in [-0.1, -0.05) is 6.92 Å². The average molecular weight is 306 g/mol. The van der Waals surface area contributed by atoms with Crippen molar-refractivity contribution in [3.8, 4) is 0 Å². The molecule has 7 heteroatoms. The minimum atomic E-state index is -3.43. The molecule has 0 fully saturated rings. The zero-order valence-electron chi connectivity index (χ0n) is 11.6. The van der Waals surface area contributed by atoms with Gasteiger partial charge in [-0.15, -0.1) is 11.3 Å². The first kappa shape index (κ1) is 16.6. The highest BCUT2D eigenvalue weighted by molar-refractivity contribution is 7.91. The van der Waals surface area contributed by atoms with Gasteiger partial charge < -0.3 is 10.1 Å². The van der Waals surface area contributed by atoms with Crippen LogP contribution >= 0.6 is 11.3 Å². The summed E-state index contributed by atoms with van der Waals surface area (Å²) >= 11 is 1.32. The van der Waals surface area contributed by atoms with Gasteiger partial charge in [0.1, 0.15) is 4.21 Å². The van der Waals surface area contributed by atoms with E-state index in [9.17, 15) is 8.42 Å². The highest BCUT2D eigenvalue weighted by Crippen LogP contribution is 2.22. The molecule has 110 valence electrons. The molecule has 0 saturated carbocycles. The zero-order valence-corrected chi connectivity index (χ0v) is 13.2. The lowest BCUT2D eigenvalue weighted by Crippen LogP contribution is -2.37. The van der Waals surface area contributed by atoms with Gasteiger partial charge in [0.05, 0.1) is 6.61 Å². The maximum absolute atomic E-state index is 12.2. The van der Waals surface area contributed by atoms with E-state index in [-0.39, 0.29) is 6.04 Å². The molecule has 0 aromatic carbocycles. The van der Waals surface area contributed by atoms with Crippen molar-refractivity contribution in [1.82, 2.24) is 10.0 Å². The Morgan fingerprint density at radius 2 is 2.16 bits per heavy atom. The van der Waals surface area contributed by atoms with E-state index in [1.165, 1.54) is 11.3 Å². The highest BCUT2D eigenvalue weighted by atomic mass is 32.2. The van der Waals surface area contributed by atoms with E-state index in [0.29, 0.717) is 17.2 Å². The molecule has 1 aromatic rings. The van der Waals surface area contributed by atoms with Crippen molar-refractivity contribution in [1.29, 1.82) is 0 Å². The van der Waals surface area contributed by atoms with Crippen molar-refractivity contribution in [2.24, 2.45) is 0 Å². The fourth-order valence-electron chi connectivity index (χ4n) is 1.60. The Bertz CT molecular complexity index is 471. The Morgan fingerprint density at radius 1 is 1.42 bits per heavy atom. The molecular weight excluding hydrogens is 284 g/mol. The Balaban J connectivity index is 2.73. The topological polar surface area (TPSA) is 67.4 Å². The van der Waals surface area contributed by atoms with Gasteiger partial charge in [-0.05, 0) is 38.6 Å².